The normalized spacial score (nSPS) is 11.4. The maximum Gasteiger partial charge on any atom is 0.101 e. The van der Waals surface area contributed by atoms with Gasteiger partial charge in [-0.3, -0.25) is 0 Å². The third-order valence-electron chi connectivity index (χ3n) is 0.295. The summed E-state index contributed by atoms with van der Waals surface area (Å²) >= 11 is 10.4. The molecule has 1 nitrogen and oxygen atoms in total. The van der Waals surface area contributed by atoms with Gasteiger partial charge in [0.15, 0.2) is 0 Å². The zero-order valence-corrected chi connectivity index (χ0v) is 5.13. The molecule has 0 aliphatic rings. The van der Waals surface area contributed by atoms with E-state index < -0.39 is 0 Å². The maximum absolute atomic E-state index is 5.24. The quantitative estimate of drug-likeness (QED) is 0.433. The van der Waals surface area contributed by atoms with Crippen molar-refractivity contribution >= 4 is 23.2 Å². The molecule has 0 saturated carbocycles. The molecule has 40 valence electrons. The highest BCUT2D eigenvalue weighted by Gasteiger charge is 1.79. The third-order valence-corrected chi connectivity index (χ3v) is 0.513. The largest absolute Gasteiger partial charge is 0.389 e. The van der Waals surface area contributed by atoms with E-state index in [0.29, 0.717) is 5.03 Å². The van der Waals surface area contributed by atoms with Crippen LogP contribution in [0.2, 0.25) is 0 Å². The van der Waals surface area contributed by atoms with Crippen molar-refractivity contribution in [2.24, 2.45) is 5.73 Å². The molecule has 3 heteroatoms. The molecular weight excluding hydrogens is 133 g/mol. The van der Waals surface area contributed by atoms with Crippen LogP contribution >= 0.6 is 23.2 Å². The van der Waals surface area contributed by atoms with Gasteiger partial charge in [0, 0.05) is 5.03 Å². The molecule has 0 aliphatic heterocycles. The van der Waals surface area contributed by atoms with Crippen LogP contribution in [-0.2, 0) is 0 Å². The summed E-state index contributed by atoms with van der Waals surface area (Å²) in [5.74, 6) is 0. The van der Waals surface area contributed by atoms with E-state index in [1.807, 2.05) is 0 Å². The predicted molar refractivity (Wildman–Crippen MR) is 33.1 cm³/mol. The second-order valence-corrected chi connectivity index (χ2v) is 1.90. The Balaban J connectivity index is 3.68. The molecule has 0 aliphatic carbocycles. The van der Waals surface area contributed by atoms with Crippen LogP contribution in [0.1, 0.15) is 0 Å². The van der Waals surface area contributed by atoms with Crippen LogP contribution in [0.25, 0.3) is 0 Å². The van der Waals surface area contributed by atoms with E-state index in [0.717, 1.165) is 0 Å². The van der Waals surface area contributed by atoms with E-state index in [4.69, 9.17) is 28.9 Å². The van der Waals surface area contributed by atoms with Gasteiger partial charge in [-0.2, -0.15) is 0 Å². The minimum absolute atomic E-state index is 0.153. The third kappa shape index (κ3) is 5.86. The molecule has 0 amide bonds. The maximum atomic E-state index is 5.24. The summed E-state index contributed by atoms with van der Waals surface area (Å²) in [6.45, 7) is 3.32. The van der Waals surface area contributed by atoms with Crippen molar-refractivity contribution in [3.8, 4) is 0 Å². The number of halogens is 2. The fourth-order valence-corrected chi connectivity index (χ4v) is 0.455. The van der Waals surface area contributed by atoms with Gasteiger partial charge in [0.05, 0.1) is 0 Å². The highest BCUT2D eigenvalue weighted by Crippen LogP contribution is 2.01. The molecule has 0 heterocycles. The summed E-state index contributed by atoms with van der Waals surface area (Å²) in [4.78, 5) is 0. The Morgan fingerprint density at radius 1 is 1.57 bits per heavy atom. The predicted octanol–water partition coefficient (Wildman–Crippen LogP) is 1.78. The fourth-order valence-electron chi connectivity index (χ4n) is 0.150. The number of rotatable bonds is 1. The second-order valence-electron chi connectivity index (χ2n) is 0.976. The number of hydrogen-bond donors (Lipinski definition) is 1. The van der Waals surface area contributed by atoms with Gasteiger partial charge in [0.2, 0.25) is 0 Å². The van der Waals surface area contributed by atoms with Crippen LogP contribution in [0.5, 0.6) is 0 Å². The minimum Gasteiger partial charge on any atom is -0.389 e. The Morgan fingerprint density at radius 2 is 2.00 bits per heavy atom. The molecule has 0 spiro atoms. The fraction of sp³-hybridized carbons (Fsp3) is 0. The first-order valence-electron chi connectivity index (χ1n) is 1.60. The Kier molecular flexibility index (Phi) is 2.88. The summed E-state index contributed by atoms with van der Waals surface area (Å²) in [7, 11) is 0. The molecule has 0 fully saturated rings. The molecule has 0 aromatic rings. The average molecular weight is 138 g/mol. The van der Waals surface area contributed by atoms with Gasteiger partial charge in [0.25, 0.3) is 0 Å². The first-order valence-corrected chi connectivity index (χ1v) is 2.35. The Morgan fingerprint density at radius 3 is 2.00 bits per heavy atom. The molecule has 0 rings (SSSR count). The molecular formula is C4H5Cl2N. The molecule has 0 aromatic carbocycles. The molecule has 2 N–H and O–H groups in total. The van der Waals surface area contributed by atoms with E-state index in [1.165, 1.54) is 6.08 Å². The summed E-state index contributed by atoms with van der Waals surface area (Å²) in [6, 6.07) is 0. The van der Waals surface area contributed by atoms with Crippen molar-refractivity contribution in [1.82, 2.24) is 0 Å². The van der Waals surface area contributed by atoms with E-state index in [9.17, 15) is 0 Å². The van der Waals surface area contributed by atoms with Gasteiger partial charge in [-0.05, 0) is 6.08 Å². The minimum atomic E-state index is 0.153. The van der Waals surface area contributed by atoms with Crippen molar-refractivity contribution in [2.45, 2.75) is 0 Å². The van der Waals surface area contributed by atoms with Gasteiger partial charge in [0.1, 0.15) is 5.16 Å². The lowest BCUT2D eigenvalue weighted by Gasteiger charge is -1.81. The van der Waals surface area contributed by atoms with Crippen molar-refractivity contribution in [3.05, 3.63) is 22.8 Å². The van der Waals surface area contributed by atoms with Crippen molar-refractivity contribution in [2.75, 3.05) is 0 Å². The molecule has 0 bridgehead atoms. The monoisotopic (exact) mass is 137 g/mol. The van der Waals surface area contributed by atoms with Crippen LogP contribution in [0, 0.1) is 0 Å². The van der Waals surface area contributed by atoms with E-state index >= 15 is 0 Å². The van der Waals surface area contributed by atoms with Gasteiger partial charge >= 0.3 is 0 Å². The summed E-state index contributed by atoms with van der Waals surface area (Å²) < 4.78 is 0. The lowest BCUT2D eigenvalue weighted by molar-refractivity contribution is 1.53. The molecule has 0 unspecified atom stereocenters. The first-order chi connectivity index (χ1) is 3.13. The number of hydrogen-bond acceptors (Lipinski definition) is 1. The standard InChI is InChI=1S/C4H5Cl2N/c1-3(5)2-4(6)7/h2H,1,7H2/b4-2-. The van der Waals surface area contributed by atoms with E-state index in [-0.39, 0.29) is 5.16 Å². The van der Waals surface area contributed by atoms with Crippen LogP contribution in [0.4, 0.5) is 0 Å². The Hall–Kier alpha value is -0.140. The zero-order valence-electron chi connectivity index (χ0n) is 3.62. The lowest BCUT2D eigenvalue weighted by Crippen LogP contribution is -1.84. The average Bonchev–Trinajstić information content (AvgIpc) is 1.27. The number of allylic oxidation sites excluding steroid dienone is 2. The molecule has 0 saturated heterocycles. The summed E-state index contributed by atoms with van der Waals surface area (Å²) in [6.07, 6.45) is 1.36. The summed E-state index contributed by atoms with van der Waals surface area (Å²) in [5.41, 5.74) is 4.97. The smallest absolute Gasteiger partial charge is 0.101 e. The van der Waals surface area contributed by atoms with Crippen LogP contribution < -0.4 is 5.73 Å². The van der Waals surface area contributed by atoms with Crippen molar-refractivity contribution < 1.29 is 0 Å². The Labute approximate surface area is 52.4 Å². The summed E-state index contributed by atoms with van der Waals surface area (Å²) in [5, 5.41) is 0.493. The highest BCUT2D eigenvalue weighted by atomic mass is 35.5. The lowest BCUT2D eigenvalue weighted by atomic mass is 10.6. The van der Waals surface area contributed by atoms with Crippen molar-refractivity contribution in [3.63, 3.8) is 0 Å². The van der Waals surface area contributed by atoms with Crippen LogP contribution in [0.15, 0.2) is 22.8 Å². The Bertz CT molecular complexity index is 102. The second kappa shape index (κ2) is 2.94. The van der Waals surface area contributed by atoms with Crippen LogP contribution in [-0.4, -0.2) is 0 Å². The molecule has 0 atom stereocenters. The van der Waals surface area contributed by atoms with Gasteiger partial charge < -0.3 is 5.73 Å². The van der Waals surface area contributed by atoms with Gasteiger partial charge in [-0.25, -0.2) is 0 Å². The van der Waals surface area contributed by atoms with Crippen molar-refractivity contribution in [1.29, 1.82) is 0 Å². The van der Waals surface area contributed by atoms with Gasteiger partial charge in [-0.1, -0.05) is 29.8 Å². The number of nitrogens with two attached hydrogens (primary N) is 1. The van der Waals surface area contributed by atoms with E-state index in [2.05, 4.69) is 6.58 Å². The zero-order chi connectivity index (χ0) is 5.86. The molecule has 7 heavy (non-hydrogen) atoms. The molecule has 0 aromatic heterocycles. The highest BCUT2D eigenvalue weighted by molar-refractivity contribution is 6.34. The van der Waals surface area contributed by atoms with E-state index in [1.54, 1.807) is 0 Å². The van der Waals surface area contributed by atoms with Gasteiger partial charge in [-0.15, -0.1) is 0 Å². The topological polar surface area (TPSA) is 26.0 Å². The SMILES string of the molecule is C=C(Cl)/C=C(\N)Cl. The molecule has 0 radical (unpaired) electrons. The first kappa shape index (κ1) is 6.86. The van der Waals surface area contributed by atoms with Crippen LogP contribution in [0.3, 0.4) is 0 Å².